The molecule has 0 aliphatic carbocycles. The highest BCUT2D eigenvalue weighted by Gasteiger charge is 2.30. The number of halogens is 4. The van der Waals surface area contributed by atoms with Gasteiger partial charge in [0, 0.05) is 5.69 Å². The van der Waals surface area contributed by atoms with Crippen LogP contribution in [-0.4, -0.2) is 27.2 Å². The topological polar surface area (TPSA) is 75.7 Å². The fourth-order valence-corrected chi connectivity index (χ4v) is 3.84. The third-order valence-electron chi connectivity index (χ3n) is 4.63. The Labute approximate surface area is 193 Å². The molecule has 3 aromatic rings. The van der Waals surface area contributed by atoms with Gasteiger partial charge in [0.1, 0.15) is 11.6 Å². The number of sulfonamides is 1. The van der Waals surface area contributed by atoms with Crippen LogP contribution in [0.5, 0.6) is 5.75 Å². The van der Waals surface area contributed by atoms with Crippen molar-refractivity contribution < 1.29 is 35.5 Å². The van der Waals surface area contributed by atoms with E-state index < -0.39 is 40.1 Å². The maximum Gasteiger partial charge on any atom is 0.416 e. The van der Waals surface area contributed by atoms with Crippen molar-refractivity contribution >= 4 is 27.3 Å². The normalized spacial score (nSPS) is 11.7. The summed E-state index contributed by atoms with van der Waals surface area (Å²) < 4.78 is 81.9. The van der Waals surface area contributed by atoms with Crippen LogP contribution in [-0.2, 0) is 27.5 Å². The SMILES string of the molecule is CS(=O)(=O)N(Cc1ccc(F)cc1)c1ccc(OCC(=O)Nc2ccc(C(F)(F)F)cc2)cc1. The number of alkyl halides is 3. The number of carbonyl (C=O) groups is 1. The summed E-state index contributed by atoms with van der Waals surface area (Å²) in [5.41, 5.74) is 0.284. The minimum atomic E-state index is -4.47. The number of ether oxygens (including phenoxy) is 1. The molecule has 0 saturated carbocycles. The van der Waals surface area contributed by atoms with E-state index in [0.717, 1.165) is 34.8 Å². The zero-order valence-corrected chi connectivity index (χ0v) is 18.7. The van der Waals surface area contributed by atoms with Crippen molar-refractivity contribution in [3.8, 4) is 5.75 Å². The molecule has 0 bridgehead atoms. The Kier molecular flexibility index (Phi) is 7.45. The lowest BCUT2D eigenvalue weighted by Gasteiger charge is -2.22. The van der Waals surface area contributed by atoms with Gasteiger partial charge in [-0.15, -0.1) is 0 Å². The van der Waals surface area contributed by atoms with Gasteiger partial charge in [-0.05, 0) is 66.2 Å². The first kappa shape index (κ1) is 25.0. The maximum absolute atomic E-state index is 13.1. The summed E-state index contributed by atoms with van der Waals surface area (Å²) in [5.74, 6) is -0.738. The second kappa shape index (κ2) is 10.1. The third kappa shape index (κ3) is 6.95. The van der Waals surface area contributed by atoms with Gasteiger partial charge in [-0.2, -0.15) is 13.2 Å². The number of benzene rings is 3. The molecule has 34 heavy (non-hydrogen) atoms. The molecular weight excluding hydrogens is 476 g/mol. The van der Waals surface area contributed by atoms with Gasteiger partial charge in [0.05, 0.1) is 24.1 Å². The molecule has 0 aliphatic heterocycles. The Balaban J connectivity index is 1.60. The Morgan fingerprint density at radius 2 is 1.53 bits per heavy atom. The van der Waals surface area contributed by atoms with Crippen molar-refractivity contribution in [3.05, 3.63) is 89.7 Å². The Bertz CT molecular complexity index is 1230. The summed E-state index contributed by atoms with van der Waals surface area (Å²) in [4.78, 5) is 12.0. The fraction of sp³-hybridized carbons (Fsp3) is 0.174. The maximum atomic E-state index is 13.1. The summed E-state index contributed by atoms with van der Waals surface area (Å²) in [7, 11) is -3.65. The number of hydrogen-bond acceptors (Lipinski definition) is 4. The molecule has 6 nitrogen and oxygen atoms in total. The zero-order chi connectivity index (χ0) is 24.9. The van der Waals surface area contributed by atoms with Gasteiger partial charge in [0.25, 0.3) is 5.91 Å². The third-order valence-corrected chi connectivity index (χ3v) is 5.77. The highest BCUT2D eigenvalue weighted by Crippen LogP contribution is 2.30. The summed E-state index contributed by atoms with van der Waals surface area (Å²) in [6.45, 7) is -0.416. The molecule has 1 N–H and O–H groups in total. The Morgan fingerprint density at radius 3 is 2.06 bits per heavy atom. The van der Waals surface area contributed by atoms with Crippen LogP contribution in [0, 0.1) is 5.82 Å². The van der Waals surface area contributed by atoms with Crippen LogP contribution in [0.3, 0.4) is 0 Å². The number of nitrogens with zero attached hydrogens (tertiary/aromatic N) is 1. The van der Waals surface area contributed by atoms with Crippen molar-refractivity contribution in [2.24, 2.45) is 0 Å². The smallest absolute Gasteiger partial charge is 0.416 e. The quantitative estimate of drug-likeness (QED) is 0.454. The van der Waals surface area contributed by atoms with Gasteiger partial charge in [-0.3, -0.25) is 9.10 Å². The molecule has 3 aromatic carbocycles. The van der Waals surface area contributed by atoms with Crippen LogP contribution in [0.15, 0.2) is 72.8 Å². The van der Waals surface area contributed by atoms with E-state index in [9.17, 15) is 30.8 Å². The van der Waals surface area contributed by atoms with Gasteiger partial charge in [0.2, 0.25) is 10.0 Å². The molecular formula is C23H20F4N2O4S. The van der Waals surface area contributed by atoms with E-state index in [-0.39, 0.29) is 18.0 Å². The number of amides is 1. The van der Waals surface area contributed by atoms with Crippen LogP contribution in [0.2, 0.25) is 0 Å². The van der Waals surface area contributed by atoms with Crippen molar-refractivity contribution in [2.45, 2.75) is 12.7 Å². The van der Waals surface area contributed by atoms with E-state index in [4.69, 9.17) is 4.74 Å². The number of hydrogen-bond donors (Lipinski definition) is 1. The molecule has 1 amide bonds. The summed E-state index contributed by atoms with van der Waals surface area (Å²) in [5, 5.41) is 2.43. The molecule has 0 heterocycles. The predicted molar refractivity (Wildman–Crippen MR) is 119 cm³/mol. The highest BCUT2D eigenvalue weighted by atomic mass is 32.2. The molecule has 0 spiro atoms. The van der Waals surface area contributed by atoms with Crippen molar-refractivity contribution in [3.63, 3.8) is 0 Å². The fourth-order valence-electron chi connectivity index (χ4n) is 2.95. The van der Waals surface area contributed by atoms with Gasteiger partial charge in [-0.25, -0.2) is 12.8 Å². The number of anilines is 2. The van der Waals surface area contributed by atoms with Crippen LogP contribution < -0.4 is 14.4 Å². The zero-order valence-electron chi connectivity index (χ0n) is 17.8. The molecule has 180 valence electrons. The highest BCUT2D eigenvalue weighted by molar-refractivity contribution is 7.92. The van der Waals surface area contributed by atoms with Gasteiger partial charge >= 0.3 is 6.18 Å². The first-order valence-electron chi connectivity index (χ1n) is 9.84. The van der Waals surface area contributed by atoms with Gasteiger partial charge in [0.15, 0.2) is 6.61 Å². The van der Waals surface area contributed by atoms with Crippen LogP contribution in [0.25, 0.3) is 0 Å². The lowest BCUT2D eigenvalue weighted by molar-refractivity contribution is -0.137. The lowest BCUT2D eigenvalue weighted by atomic mass is 10.2. The van der Waals surface area contributed by atoms with Crippen LogP contribution in [0.1, 0.15) is 11.1 Å². The molecule has 0 saturated heterocycles. The largest absolute Gasteiger partial charge is 0.484 e. The van der Waals surface area contributed by atoms with E-state index in [0.29, 0.717) is 11.3 Å². The summed E-state index contributed by atoms with van der Waals surface area (Å²) >= 11 is 0. The second-order valence-electron chi connectivity index (χ2n) is 7.30. The number of rotatable bonds is 8. The van der Waals surface area contributed by atoms with E-state index in [1.54, 1.807) is 0 Å². The van der Waals surface area contributed by atoms with E-state index in [1.165, 1.54) is 48.5 Å². The molecule has 0 atom stereocenters. The molecule has 0 fully saturated rings. The molecule has 0 radical (unpaired) electrons. The Hall–Kier alpha value is -3.60. The van der Waals surface area contributed by atoms with Gasteiger partial charge < -0.3 is 10.1 Å². The standard InChI is InChI=1S/C23H20F4N2O4S/c1-34(31,32)29(14-16-2-6-18(24)7-3-16)20-10-12-21(13-11-20)33-15-22(30)28-19-8-4-17(5-9-19)23(25,26)27/h2-13H,14-15H2,1H3,(H,28,30). The van der Waals surface area contributed by atoms with E-state index in [2.05, 4.69) is 5.32 Å². The van der Waals surface area contributed by atoms with Crippen LogP contribution in [0.4, 0.5) is 28.9 Å². The monoisotopic (exact) mass is 496 g/mol. The Morgan fingerprint density at radius 1 is 0.941 bits per heavy atom. The first-order valence-corrected chi connectivity index (χ1v) is 11.7. The minimum absolute atomic E-state index is 0.00511. The predicted octanol–water partition coefficient (Wildman–Crippen LogP) is 4.83. The minimum Gasteiger partial charge on any atom is -0.484 e. The summed E-state index contributed by atoms with van der Waals surface area (Å²) in [6.07, 6.45) is -3.42. The second-order valence-corrected chi connectivity index (χ2v) is 9.21. The van der Waals surface area contributed by atoms with Crippen molar-refractivity contribution in [2.75, 3.05) is 22.5 Å². The van der Waals surface area contributed by atoms with E-state index >= 15 is 0 Å². The lowest BCUT2D eigenvalue weighted by Crippen LogP contribution is -2.29. The number of nitrogens with one attached hydrogen (secondary N) is 1. The van der Waals surface area contributed by atoms with E-state index in [1.807, 2.05) is 0 Å². The average Bonchev–Trinajstić information content (AvgIpc) is 2.77. The average molecular weight is 496 g/mol. The van der Waals surface area contributed by atoms with Gasteiger partial charge in [-0.1, -0.05) is 12.1 Å². The molecule has 11 heteroatoms. The van der Waals surface area contributed by atoms with Crippen LogP contribution >= 0.6 is 0 Å². The first-order chi connectivity index (χ1) is 15.9. The molecule has 0 unspecified atom stereocenters. The molecule has 3 rings (SSSR count). The number of carbonyl (C=O) groups excluding carboxylic acids is 1. The van der Waals surface area contributed by atoms with Crippen molar-refractivity contribution in [1.29, 1.82) is 0 Å². The molecule has 0 aromatic heterocycles. The summed E-state index contributed by atoms with van der Waals surface area (Å²) in [6, 6.07) is 15.4. The molecule has 0 aliphatic rings. The van der Waals surface area contributed by atoms with Crippen molar-refractivity contribution in [1.82, 2.24) is 0 Å².